The molecule has 1 heterocycles. The molecule has 0 aromatic heterocycles. The van der Waals surface area contributed by atoms with Crippen LogP contribution in [0.4, 0.5) is 4.39 Å². The van der Waals surface area contributed by atoms with Gasteiger partial charge in [-0.1, -0.05) is 6.07 Å². The number of hydrogen-bond acceptors (Lipinski definition) is 2. The molecule has 0 bridgehead atoms. The molecule has 0 aliphatic carbocycles. The second-order valence-electron chi connectivity index (χ2n) is 4.02. The van der Waals surface area contributed by atoms with Crippen LogP contribution < -0.4 is 10.6 Å². The van der Waals surface area contributed by atoms with Crippen LogP contribution in [0, 0.1) is 5.82 Å². The van der Waals surface area contributed by atoms with Crippen LogP contribution in [-0.2, 0) is 4.79 Å². The Balaban J connectivity index is 1.95. The van der Waals surface area contributed by atoms with Gasteiger partial charge in [-0.3, -0.25) is 9.59 Å². The molecule has 0 radical (unpaired) electrons. The highest BCUT2D eigenvalue weighted by Crippen LogP contribution is 2.06. The number of piperidine rings is 1. The molecular weight excluding hydrogens is 223 g/mol. The van der Waals surface area contributed by atoms with Crippen molar-refractivity contribution in [1.82, 2.24) is 10.6 Å². The smallest absolute Gasteiger partial charge is 0.251 e. The lowest BCUT2D eigenvalue weighted by Crippen LogP contribution is -2.47. The van der Waals surface area contributed by atoms with Gasteiger partial charge >= 0.3 is 0 Å². The number of hydrogen-bond donors (Lipinski definition) is 2. The Hall–Kier alpha value is -1.91. The first-order chi connectivity index (χ1) is 8.15. The van der Waals surface area contributed by atoms with Crippen molar-refractivity contribution in [2.75, 3.05) is 6.54 Å². The first-order valence-electron chi connectivity index (χ1n) is 5.48. The Bertz CT molecular complexity index is 438. The molecule has 1 saturated heterocycles. The van der Waals surface area contributed by atoms with Crippen LogP contribution >= 0.6 is 0 Å². The Labute approximate surface area is 98.2 Å². The summed E-state index contributed by atoms with van der Waals surface area (Å²) in [5.41, 5.74) is 0.293. The molecule has 17 heavy (non-hydrogen) atoms. The highest BCUT2D eigenvalue weighted by Gasteiger charge is 2.20. The molecule has 1 aliphatic heterocycles. The summed E-state index contributed by atoms with van der Waals surface area (Å²) in [4.78, 5) is 22.7. The minimum Gasteiger partial charge on any atom is -0.354 e. The minimum atomic E-state index is -0.436. The summed E-state index contributed by atoms with van der Waals surface area (Å²) in [6.45, 7) is 0.430. The molecule has 2 rings (SSSR count). The topological polar surface area (TPSA) is 58.2 Å². The first-order valence-corrected chi connectivity index (χ1v) is 5.48. The van der Waals surface area contributed by atoms with E-state index in [0.29, 0.717) is 24.9 Å². The summed E-state index contributed by atoms with van der Waals surface area (Å²) in [5.74, 6) is -0.749. The quantitative estimate of drug-likeness (QED) is 0.799. The van der Waals surface area contributed by atoms with Crippen LogP contribution in [-0.4, -0.2) is 24.4 Å². The Morgan fingerprint density at radius 3 is 2.94 bits per heavy atom. The molecule has 1 aliphatic rings. The monoisotopic (exact) mass is 236 g/mol. The fourth-order valence-corrected chi connectivity index (χ4v) is 1.75. The van der Waals surface area contributed by atoms with Gasteiger partial charge in [0.1, 0.15) is 5.82 Å². The number of carbonyl (C=O) groups excluding carboxylic acids is 2. The fraction of sp³-hybridized carbons (Fsp3) is 0.333. The largest absolute Gasteiger partial charge is 0.354 e. The predicted molar refractivity (Wildman–Crippen MR) is 59.9 cm³/mol. The number of benzene rings is 1. The van der Waals surface area contributed by atoms with Gasteiger partial charge < -0.3 is 10.6 Å². The van der Waals surface area contributed by atoms with E-state index < -0.39 is 5.82 Å². The second-order valence-corrected chi connectivity index (χ2v) is 4.02. The van der Waals surface area contributed by atoms with Gasteiger partial charge in [-0.2, -0.15) is 0 Å². The van der Waals surface area contributed by atoms with Gasteiger partial charge in [-0.25, -0.2) is 4.39 Å². The molecule has 1 unspecified atom stereocenters. The third kappa shape index (κ3) is 3.03. The van der Waals surface area contributed by atoms with E-state index in [-0.39, 0.29) is 17.9 Å². The molecule has 1 aromatic rings. The van der Waals surface area contributed by atoms with E-state index in [2.05, 4.69) is 10.6 Å². The summed E-state index contributed by atoms with van der Waals surface area (Å²) >= 11 is 0. The standard InChI is InChI=1S/C12H13FN2O2/c13-9-3-1-2-8(6-9)12(17)15-10-4-5-11(16)14-7-10/h1-3,6,10H,4-5,7H2,(H,14,16)(H,15,17). The minimum absolute atomic E-state index is 0.00116. The zero-order valence-electron chi connectivity index (χ0n) is 9.20. The molecule has 4 nitrogen and oxygen atoms in total. The molecule has 2 amide bonds. The third-order valence-corrected chi connectivity index (χ3v) is 2.69. The fourth-order valence-electron chi connectivity index (χ4n) is 1.75. The SMILES string of the molecule is O=C1CCC(NC(=O)c2cccc(F)c2)CN1. The van der Waals surface area contributed by atoms with Gasteiger partial charge in [-0.15, -0.1) is 0 Å². The molecule has 1 atom stereocenters. The number of nitrogens with one attached hydrogen (secondary N) is 2. The summed E-state index contributed by atoms with van der Waals surface area (Å²) < 4.78 is 12.9. The molecule has 2 N–H and O–H groups in total. The zero-order chi connectivity index (χ0) is 12.3. The lowest BCUT2D eigenvalue weighted by molar-refractivity contribution is -0.122. The molecule has 90 valence electrons. The normalized spacial score (nSPS) is 19.6. The molecule has 5 heteroatoms. The average molecular weight is 236 g/mol. The molecule has 1 aromatic carbocycles. The van der Waals surface area contributed by atoms with Crippen molar-refractivity contribution < 1.29 is 14.0 Å². The Kier molecular flexibility index (Phi) is 3.37. The maximum Gasteiger partial charge on any atom is 0.251 e. The maximum absolute atomic E-state index is 12.9. The van der Waals surface area contributed by atoms with Crippen molar-refractivity contribution in [2.45, 2.75) is 18.9 Å². The van der Waals surface area contributed by atoms with Gasteiger partial charge in [0, 0.05) is 24.6 Å². The lowest BCUT2D eigenvalue weighted by atomic mass is 10.1. The van der Waals surface area contributed by atoms with Crippen molar-refractivity contribution >= 4 is 11.8 Å². The van der Waals surface area contributed by atoms with E-state index in [9.17, 15) is 14.0 Å². The summed E-state index contributed by atoms with van der Waals surface area (Å²) in [7, 11) is 0. The van der Waals surface area contributed by atoms with Crippen molar-refractivity contribution in [1.29, 1.82) is 0 Å². The first kappa shape index (κ1) is 11.6. The van der Waals surface area contributed by atoms with Gasteiger partial charge in [0.05, 0.1) is 0 Å². The average Bonchev–Trinajstić information content (AvgIpc) is 2.32. The van der Waals surface area contributed by atoms with E-state index in [1.54, 1.807) is 6.07 Å². The van der Waals surface area contributed by atoms with Crippen LogP contribution in [0.15, 0.2) is 24.3 Å². The number of rotatable bonds is 2. The van der Waals surface area contributed by atoms with E-state index in [1.165, 1.54) is 18.2 Å². The highest BCUT2D eigenvalue weighted by molar-refractivity contribution is 5.94. The van der Waals surface area contributed by atoms with E-state index in [0.717, 1.165) is 0 Å². The van der Waals surface area contributed by atoms with Crippen molar-refractivity contribution in [3.8, 4) is 0 Å². The predicted octanol–water partition coefficient (Wildman–Crippen LogP) is 0.834. The molecule has 0 saturated carbocycles. The Morgan fingerprint density at radius 2 is 2.29 bits per heavy atom. The van der Waals surface area contributed by atoms with E-state index in [1.807, 2.05) is 0 Å². The van der Waals surface area contributed by atoms with Crippen molar-refractivity contribution in [3.05, 3.63) is 35.6 Å². The van der Waals surface area contributed by atoms with Crippen LogP contribution in [0.3, 0.4) is 0 Å². The summed E-state index contributed by atoms with van der Waals surface area (Å²) in [5, 5.41) is 5.44. The Morgan fingerprint density at radius 1 is 1.47 bits per heavy atom. The van der Waals surface area contributed by atoms with Gasteiger partial charge in [0.15, 0.2) is 0 Å². The molecule has 1 fully saturated rings. The van der Waals surface area contributed by atoms with Crippen molar-refractivity contribution in [3.63, 3.8) is 0 Å². The van der Waals surface area contributed by atoms with E-state index >= 15 is 0 Å². The number of halogens is 1. The third-order valence-electron chi connectivity index (χ3n) is 2.69. The number of carbonyl (C=O) groups is 2. The van der Waals surface area contributed by atoms with E-state index in [4.69, 9.17) is 0 Å². The second kappa shape index (κ2) is 4.95. The van der Waals surface area contributed by atoms with Crippen molar-refractivity contribution in [2.24, 2.45) is 0 Å². The van der Waals surface area contributed by atoms with Gasteiger partial charge in [0.2, 0.25) is 5.91 Å². The van der Waals surface area contributed by atoms with Crippen LogP contribution in [0.25, 0.3) is 0 Å². The van der Waals surface area contributed by atoms with Crippen LogP contribution in [0.5, 0.6) is 0 Å². The summed E-state index contributed by atoms with van der Waals surface area (Å²) in [6.07, 6.45) is 1.03. The van der Waals surface area contributed by atoms with Gasteiger partial charge in [-0.05, 0) is 24.6 Å². The molecule has 0 spiro atoms. The molecular formula is C12H13FN2O2. The summed E-state index contributed by atoms with van der Waals surface area (Å²) in [6, 6.07) is 5.45. The zero-order valence-corrected chi connectivity index (χ0v) is 9.20. The highest BCUT2D eigenvalue weighted by atomic mass is 19.1. The van der Waals surface area contributed by atoms with Crippen LogP contribution in [0.1, 0.15) is 23.2 Å². The lowest BCUT2D eigenvalue weighted by Gasteiger charge is -2.23. The van der Waals surface area contributed by atoms with Gasteiger partial charge in [0.25, 0.3) is 5.91 Å². The maximum atomic E-state index is 12.9. The van der Waals surface area contributed by atoms with Crippen LogP contribution in [0.2, 0.25) is 0 Å². The number of amides is 2.